The van der Waals surface area contributed by atoms with Gasteiger partial charge in [0.2, 0.25) is 0 Å². The number of hydrogen-bond acceptors (Lipinski definition) is 2. The van der Waals surface area contributed by atoms with E-state index in [-0.39, 0.29) is 0 Å². The molecule has 1 aromatic carbocycles. The number of hydrogen-bond donors (Lipinski definition) is 1. The summed E-state index contributed by atoms with van der Waals surface area (Å²) < 4.78 is 52.0. The summed E-state index contributed by atoms with van der Waals surface area (Å²) in [5, 5.41) is 3.11. The second-order valence-electron chi connectivity index (χ2n) is 5.13. The molecular formula is C14H18F4N2. The van der Waals surface area contributed by atoms with Crippen LogP contribution in [0.2, 0.25) is 0 Å². The van der Waals surface area contributed by atoms with Crippen molar-refractivity contribution in [2.75, 3.05) is 26.2 Å². The molecule has 20 heavy (non-hydrogen) atoms. The van der Waals surface area contributed by atoms with Crippen molar-refractivity contribution >= 4 is 0 Å². The number of nitrogens with zero attached hydrogens (tertiary/aromatic N) is 1. The minimum Gasteiger partial charge on any atom is -0.314 e. The summed E-state index contributed by atoms with van der Waals surface area (Å²) in [6.07, 6.45) is -5.22. The highest BCUT2D eigenvalue weighted by molar-refractivity contribution is 5.26. The van der Waals surface area contributed by atoms with Gasteiger partial charge >= 0.3 is 6.18 Å². The van der Waals surface area contributed by atoms with Crippen LogP contribution in [-0.4, -0.2) is 37.3 Å². The fourth-order valence-electron chi connectivity index (χ4n) is 2.49. The smallest absolute Gasteiger partial charge is 0.314 e. The van der Waals surface area contributed by atoms with Gasteiger partial charge in [-0.3, -0.25) is 4.90 Å². The maximum Gasteiger partial charge on any atom is 0.390 e. The van der Waals surface area contributed by atoms with Crippen molar-refractivity contribution < 1.29 is 17.6 Å². The summed E-state index contributed by atoms with van der Waals surface area (Å²) in [5.41, 5.74) is 0.840. The third kappa shape index (κ3) is 3.93. The number of halogens is 4. The predicted molar refractivity (Wildman–Crippen MR) is 69.0 cm³/mol. The van der Waals surface area contributed by atoms with Gasteiger partial charge in [-0.1, -0.05) is 12.1 Å². The van der Waals surface area contributed by atoms with E-state index in [1.165, 1.54) is 12.1 Å². The Kier molecular flexibility index (Phi) is 4.65. The van der Waals surface area contributed by atoms with E-state index in [0.717, 1.165) is 0 Å². The fourth-order valence-corrected chi connectivity index (χ4v) is 2.49. The van der Waals surface area contributed by atoms with Gasteiger partial charge in [0.1, 0.15) is 5.82 Å². The van der Waals surface area contributed by atoms with Gasteiger partial charge in [-0.15, -0.1) is 0 Å². The predicted octanol–water partition coefficient (Wildman–Crippen LogP) is 3.03. The van der Waals surface area contributed by atoms with Crippen molar-refractivity contribution in [1.82, 2.24) is 10.2 Å². The lowest BCUT2D eigenvalue weighted by Gasteiger charge is -2.35. The average Bonchev–Trinajstić information content (AvgIpc) is 2.39. The molecule has 0 saturated carbocycles. The maximum atomic E-state index is 13.6. The first-order valence-electron chi connectivity index (χ1n) is 6.64. The number of aryl methyl sites for hydroxylation is 1. The van der Waals surface area contributed by atoms with E-state index in [2.05, 4.69) is 5.32 Å². The minimum atomic E-state index is -4.27. The van der Waals surface area contributed by atoms with E-state index in [1.54, 1.807) is 17.9 Å². The van der Waals surface area contributed by atoms with E-state index in [9.17, 15) is 17.6 Å². The van der Waals surface area contributed by atoms with Crippen LogP contribution in [0.3, 0.4) is 0 Å². The zero-order chi connectivity index (χ0) is 14.8. The summed E-state index contributed by atoms with van der Waals surface area (Å²) in [5.74, 6) is -0.454. The SMILES string of the molecule is Cc1ccc([C@H](CC(F)(F)F)N2CCNCC2)cc1F. The van der Waals surface area contributed by atoms with Crippen molar-refractivity contribution in [2.24, 2.45) is 0 Å². The van der Waals surface area contributed by atoms with Crippen LogP contribution >= 0.6 is 0 Å². The van der Waals surface area contributed by atoms with E-state index in [0.29, 0.717) is 37.3 Å². The molecule has 1 aromatic rings. The maximum absolute atomic E-state index is 13.6. The molecule has 1 N–H and O–H groups in total. The Balaban J connectivity index is 2.26. The zero-order valence-corrected chi connectivity index (χ0v) is 11.3. The Labute approximate surface area is 115 Å². The largest absolute Gasteiger partial charge is 0.390 e. The molecule has 112 valence electrons. The van der Waals surface area contributed by atoms with E-state index >= 15 is 0 Å². The fraction of sp³-hybridized carbons (Fsp3) is 0.571. The number of benzene rings is 1. The third-order valence-corrected chi connectivity index (χ3v) is 3.60. The Bertz CT molecular complexity index is 453. The van der Waals surface area contributed by atoms with E-state index in [4.69, 9.17) is 0 Å². The van der Waals surface area contributed by atoms with Crippen LogP contribution in [0.5, 0.6) is 0 Å². The number of nitrogens with one attached hydrogen (secondary N) is 1. The summed E-state index contributed by atoms with van der Waals surface area (Å²) in [6.45, 7) is 3.99. The second kappa shape index (κ2) is 6.10. The molecule has 6 heteroatoms. The van der Waals surface area contributed by atoms with Crippen LogP contribution in [-0.2, 0) is 0 Å². The molecule has 0 aromatic heterocycles. The van der Waals surface area contributed by atoms with Gasteiger partial charge in [0.25, 0.3) is 0 Å². The summed E-state index contributed by atoms with van der Waals surface area (Å²) >= 11 is 0. The summed E-state index contributed by atoms with van der Waals surface area (Å²) in [6, 6.07) is 3.55. The van der Waals surface area contributed by atoms with Gasteiger partial charge in [-0.2, -0.15) is 13.2 Å². The van der Waals surface area contributed by atoms with Gasteiger partial charge in [0.15, 0.2) is 0 Å². The van der Waals surface area contributed by atoms with Gasteiger partial charge in [0.05, 0.1) is 6.42 Å². The highest BCUT2D eigenvalue weighted by Gasteiger charge is 2.36. The molecule has 1 atom stereocenters. The Hall–Kier alpha value is -1.14. The van der Waals surface area contributed by atoms with Gasteiger partial charge in [0, 0.05) is 32.2 Å². The monoisotopic (exact) mass is 290 g/mol. The lowest BCUT2D eigenvalue weighted by atomic mass is 9.99. The molecule has 0 spiro atoms. The van der Waals surface area contributed by atoms with Crippen molar-refractivity contribution in [2.45, 2.75) is 25.6 Å². The average molecular weight is 290 g/mol. The summed E-state index contributed by atoms with van der Waals surface area (Å²) in [4.78, 5) is 1.77. The van der Waals surface area contributed by atoms with Crippen LogP contribution in [0.1, 0.15) is 23.6 Å². The van der Waals surface area contributed by atoms with Crippen LogP contribution < -0.4 is 5.32 Å². The summed E-state index contributed by atoms with van der Waals surface area (Å²) in [7, 11) is 0. The van der Waals surface area contributed by atoms with Crippen molar-refractivity contribution in [1.29, 1.82) is 0 Å². The molecule has 0 amide bonds. The molecule has 0 unspecified atom stereocenters. The van der Waals surface area contributed by atoms with E-state index < -0.39 is 24.5 Å². The van der Waals surface area contributed by atoms with Crippen LogP contribution in [0.25, 0.3) is 0 Å². The Morgan fingerprint density at radius 3 is 2.45 bits per heavy atom. The first kappa shape index (κ1) is 15.3. The van der Waals surface area contributed by atoms with Gasteiger partial charge in [-0.05, 0) is 24.1 Å². The lowest BCUT2D eigenvalue weighted by Crippen LogP contribution is -2.46. The minimum absolute atomic E-state index is 0.396. The number of rotatable bonds is 3. The molecule has 1 heterocycles. The van der Waals surface area contributed by atoms with Crippen molar-refractivity contribution in [3.8, 4) is 0 Å². The van der Waals surface area contributed by atoms with Gasteiger partial charge in [-0.25, -0.2) is 4.39 Å². The lowest BCUT2D eigenvalue weighted by molar-refractivity contribution is -0.148. The first-order chi connectivity index (χ1) is 9.37. The van der Waals surface area contributed by atoms with Crippen molar-refractivity contribution in [3.63, 3.8) is 0 Å². The number of piperazine rings is 1. The molecule has 1 fully saturated rings. The van der Waals surface area contributed by atoms with Crippen LogP contribution in [0.4, 0.5) is 17.6 Å². The topological polar surface area (TPSA) is 15.3 Å². The standard InChI is InChI=1S/C14H18F4N2/c1-10-2-3-11(8-12(10)15)13(9-14(16,17)18)20-6-4-19-5-7-20/h2-3,8,13,19H,4-7,9H2,1H3/t13-/m0/s1. The van der Waals surface area contributed by atoms with Crippen molar-refractivity contribution in [3.05, 3.63) is 35.1 Å². The van der Waals surface area contributed by atoms with Crippen LogP contribution in [0, 0.1) is 12.7 Å². The normalized spacial score (nSPS) is 19.1. The zero-order valence-electron chi connectivity index (χ0n) is 11.3. The molecule has 2 rings (SSSR count). The molecule has 1 aliphatic heterocycles. The van der Waals surface area contributed by atoms with Crippen LogP contribution in [0.15, 0.2) is 18.2 Å². The molecule has 2 nitrogen and oxygen atoms in total. The highest BCUT2D eigenvalue weighted by Crippen LogP contribution is 2.34. The molecule has 0 radical (unpaired) electrons. The van der Waals surface area contributed by atoms with E-state index in [1.807, 2.05) is 0 Å². The molecule has 0 bridgehead atoms. The Morgan fingerprint density at radius 1 is 1.25 bits per heavy atom. The second-order valence-corrected chi connectivity index (χ2v) is 5.13. The number of alkyl halides is 3. The molecule has 1 saturated heterocycles. The first-order valence-corrected chi connectivity index (χ1v) is 6.64. The molecular weight excluding hydrogens is 272 g/mol. The molecule has 1 aliphatic rings. The Morgan fingerprint density at radius 2 is 1.90 bits per heavy atom. The molecule has 0 aliphatic carbocycles. The highest BCUT2D eigenvalue weighted by atomic mass is 19.4. The third-order valence-electron chi connectivity index (χ3n) is 3.60. The quantitative estimate of drug-likeness (QED) is 0.861. The van der Waals surface area contributed by atoms with Gasteiger partial charge < -0.3 is 5.32 Å².